The van der Waals surface area contributed by atoms with E-state index >= 15 is 0 Å². The molecule has 0 aliphatic heterocycles. The predicted octanol–water partition coefficient (Wildman–Crippen LogP) is 3.75. The summed E-state index contributed by atoms with van der Waals surface area (Å²) >= 11 is 0. The van der Waals surface area contributed by atoms with Crippen molar-refractivity contribution in [2.24, 2.45) is 0 Å². The molecule has 0 heterocycles. The van der Waals surface area contributed by atoms with Crippen LogP contribution in [0.2, 0.25) is 0 Å². The second-order valence-electron chi connectivity index (χ2n) is 4.43. The monoisotopic (exact) mass is 277 g/mol. The van der Waals surface area contributed by atoms with Crippen LogP contribution in [0.5, 0.6) is 5.75 Å². The van der Waals surface area contributed by atoms with E-state index in [0.29, 0.717) is 29.0 Å². The van der Waals surface area contributed by atoms with Crippen LogP contribution in [0.15, 0.2) is 36.4 Å². The lowest BCUT2D eigenvalue weighted by molar-refractivity contribution is 0.411. The quantitative estimate of drug-likeness (QED) is 0.898. The summed E-state index contributed by atoms with van der Waals surface area (Å²) in [4.78, 5) is 0. The Morgan fingerprint density at radius 3 is 2.45 bits per heavy atom. The first-order chi connectivity index (χ1) is 9.65. The van der Waals surface area contributed by atoms with Gasteiger partial charge in [-0.25, -0.2) is 8.78 Å². The summed E-state index contributed by atoms with van der Waals surface area (Å²) in [6, 6.07) is 9.30. The number of nitrogens with one attached hydrogen (secondary N) is 1. The maximum absolute atomic E-state index is 13.9. The van der Waals surface area contributed by atoms with Crippen LogP contribution in [0.25, 0.3) is 11.1 Å². The number of rotatable bonds is 5. The summed E-state index contributed by atoms with van der Waals surface area (Å²) in [5.74, 6) is -0.322. The van der Waals surface area contributed by atoms with Crippen molar-refractivity contribution in [1.82, 2.24) is 5.32 Å². The molecule has 0 radical (unpaired) electrons. The first-order valence-electron chi connectivity index (χ1n) is 6.48. The van der Waals surface area contributed by atoms with E-state index in [1.807, 2.05) is 6.92 Å². The molecule has 0 aliphatic rings. The Morgan fingerprint density at radius 1 is 1.05 bits per heavy atom. The summed E-state index contributed by atoms with van der Waals surface area (Å²) in [6.45, 7) is 3.20. The molecule has 0 saturated carbocycles. The molecule has 0 fully saturated rings. The first kappa shape index (κ1) is 14.5. The van der Waals surface area contributed by atoms with E-state index in [4.69, 9.17) is 4.74 Å². The topological polar surface area (TPSA) is 21.3 Å². The molecule has 0 atom stereocenters. The average Bonchev–Trinajstić information content (AvgIpc) is 2.46. The summed E-state index contributed by atoms with van der Waals surface area (Å²) in [5, 5.41) is 3.06. The molecule has 1 N–H and O–H groups in total. The van der Waals surface area contributed by atoms with Crippen molar-refractivity contribution >= 4 is 0 Å². The Bertz CT molecular complexity index is 599. The van der Waals surface area contributed by atoms with E-state index in [1.54, 1.807) is 24.3 Å². The number of ether oxygens (including phenoxy) is 1. The molecule has 0 bridgehead atoms. The lowest BCUT2D eigenvalue weighted by Gasteiger charge is -2.09. The van der Waals surface area contributed by atoms with Gasteiger partial charge in [0.1, 0.15) is 17.4 Å². The molecular formula is C16H17F2NO. The van der Waals surface area contributed by atoms with Crippen LogP contribution in [0.4, 0.5) is 8.78 Å². The minimum Gasteiger partial charge on any atom is -0.497 e. The average molecular weight is 277 g/mol. The van der Waals surface area contributed by atoms with Crippen molar-refractivity contribution in [2.45, 2.75) is 13.5 Å². The molecule has 0 spiro atoms. The first-order valence-corrected chi connectivity index (χ1v) is 6.48. The summed E-state index contributed by atoms with van der Waals surface area (Å²) in [6.07, 6.45) is 0. The van der Waals surface area contributed by atoms with E-state index < -0.39 is 5.82 Å². The maximum atomic E-state index is 13.9. The Labute approximate surface area is 117 Å². The molecule has 0 amide bonds. The molecule has 2 aromatic rings. The lowest BCUT2D eigenvalue weighted by Crippen LogP contribution is -2.12. The highest BCUT2D eigenvalue weighted by Crippen LogP contribution is 2.27. The minimum atomic E-state index is -0.428. The number of benzene rings is 2. The SMILES string of the molecule is CCNCc1ccc(-c2ccc(OC)cc2F)cc1F. The van der Waals surface area contributed by atoms with Crippen molar-refractivity contribution in [2.75, 3.05) is 13.7 Å². The summed E-state index contributed by atoms with van der Waals surface area (Å²) in [7, 11) is 1.48. The van der Waals surface area contributed by atoms with Crippen LogP contribution in [-0.4, -0.2) is 13.7 Å². The van der Waals surface area contributed by atoms with Crippen molar-refractivity contribution in [3.8, 4) is 16.9 Å². The predicted molar refractivity (Wildman–Crippen MR) is 75.7 cm³/mol. The molecule has 0 unspecified atom stereocenters. The van der Waals surface area contributed by atoms with Crippen LogP contribution in [0.1, 0.15) is 12.5 Å². The number of hydrogen-bond acceptors (Lipinski definition) is 2. The zero-order valence-corrected chi connectivity index (χ0v) is 11.5. The van der Waals surface area contributed by atoms with Crippen LogP contribution >= 0.6 is 0 Å². The van der Waals surface area contributed by atoms with Gasteiger partial charge in [0.2, 0.25) is 0 Å². The van der Waals surface area contributed by atoms with E-state index in [9.17, 15) is 8.78 Å². The third kappa shape index (κ3) is 3.14. The van der Waals surface area contributed by atoms with E-state index in [-0.39, 0.29) is 5.82 Å². The molecule has 2 aromatic carbocycles. The van der Waals surface area contributed by atoms with Gasteiger partial charge in [0.25, 0.3) is 0 Å². The van der Waals surface area contributed by atoms with E-state index in [0.717, 1.165) is 6.54 Å². The van der Waals surface area contributed by atoms with Gasteiger partial charge >= 0.3 is 0 Å². The van der Waals surface area contributed by atoms with Crippen molar-refractivity contribution in [1.29, 1.82) is 0 Å². The largest absolute Gasteiger partial charge is 0.497 e. The van der Waals surface area contributed by atoms with Gasteiger partial charge in [-0.2, -0.15) is 0 Å². The molecule has 2 nitrogen and oxygen atoms in total. The Hall–Kier alpha value is -1.94. The second-order valence-corrected chi connectivity index (χ2v) is 4.43. The van der Waals surface area contributed by atoms with Crippen molar-refractivity contribution in [3.63, 3.8) is 0 Å². The van der Waals surface area contributed by atoms with E-state index in [2.05, 4.69) is 5.32 Å². The fourth-order valence-electron chi connectivity index (χ4n) is 1.97. The molecular weight excluding hydrogens is 260 g/mol. The lowest BCUT2D eigenvalue weighted by atomic mass is 10.0. The van der Waals surface area contributed by atoms with Crippen LogP contribution in [0, 0.1) is 11.6 Å². The van der Waals surface area contributed by atoms with Crippen molar-refractivity contribution in [3.05, 3.63) is 53.6 Å². The minimum absolute atomic E-state index is 0.335. The van der Waals surface area contributed by atoms with Gasteiger partial charge in [0.05, 0.1) is 7.11 Å². The summed E-state index contributed by atoms with van der Waals surface area (Å²) < 4.78 is 32.8. The zero-order chi connectivity index (χ0) is 14.5. The molecule has 0 saturated heterocycles. The van der Waals surface area contributed by atoms with Gasteiger partial charge in [-0.3, -0.25) is 0 Å². The maximum Gasteiger partial charge on any atom is 0.134 e. The molecule has 20 heavy (non-hydrogen) atoms. The number of halogens is 2. The Kier molecular flexibility index (Phi) is 4.69. The van der Waals surface area contributed by atoms with Crippen LogP contribution < -0.4 is 10.1 Å². The van der Waals surface area contributed by atoms with Gasteiger partial charge < -0.3 is 10.1 Å². The normalized spacial score (nSPS) is 10.6. The Balaban J connectivity index is 2.31. The van der Waals surface area contributed by atoms with Gasteiger partial charge in [0, 0.05) is 23.7 Å². The van der Waals surface area contributed by atoms with Gasteiger partial charge in [-0.1, -0.05) is 19.1 Å². The van der Waals surface area contributed by atoms with Gasteiger partial charge in [-0.15, -0.1) is 0 Å². The fraction of sp³-hybridized carbons (Fsp3) is 0.250. The van der Waals surface area contributed by atoms with Crippen LogP contribution in [0.3, 0.4) is 0 Å². The number of hydrogen-bond donors (Lipinski definition) is 1. The number of methoxy groups -OCH3 is 1. The third-order valence-electron chi connectivity index (χ3n) is 3.11. The second kappa shape index (κ2) is 6.48. The van der Waals surface area contributed by atoms with Crippen LogP contribution in [-0.2, 0) is 6.54 Å². The molecule has 106 valence electrons. The summed E-state index contributed by atoms with van der Waals surface area (Å²) in [5.41, 5.74) is 1.45. The highest BCUT2D eigenvalue weighted by atomic mass is 19.1. The van der Waals surface area contributed by atoms with Gasteiger partial charge in [-0.05, 0) is 30.3 Å². The standard InChI is InChI=1S/C16H17F2NO/c1-3-19-10-12-5-4-11(8-15(12)17)14-7-6-13(20-2)9-16(14)18/h4-9,19H,3,10H2,1-2H3. The molecule has 0 aliphatic carbocycles. The smallest absolute Gasteiger partial charge is 0.134 e. The van der Waals surface area contributed by atoms with Gasteiger partial charge in [0.15, 0.2) is 0 Å². The zero-order valence-electron chi connectivity index (χ0n) is 11.5. The fourth-order valence-corrected chi connectivity index (χ4v) is 1.97. The Morgan fingerprint density at radius 2 is 1.85 bits per heavy atom. The molecule has 2 rings (SSSR count). The molecule has 0 aromatic heterocycles. The highest BCUT2D eigenvalue weighted by molar-refractivity contribution is 5.65. The van der Waals surface area contributed by atoms with Crippen molar-refractivity contribution < 1.29 is 13.5 Å². The highest BCUT2D eigenvalue weighted by Gasteiger charge is 2.09. The third-order valence-corrected chi connectivity index (χ3v) is 3.11. The van der Waals surface area contributed by atoms with E-state index in [1.165, 1.54) is 19.2 Å². The molecule has 4 heteroatoms.